The number of esters is 1. The predicted molar refractivity (Wildman–Crippen MR) is 71.8 cm³/mol. The summed E-state index contributed by atoms with van der Waals surface area (Å²) in [5, 5.41) is 19.9. The van der Waals surface area contributed by atoms with Gasteiger partial charge < -0.3 is 14.9 Å². The van der Waals surface area contributed by atoms with Crippen molar-refractivity contribution in [1.29, 1.82) is 0 Å². The number of benzene rings is 1. The Kier molecular flexibility index (Phi) is 4.47. The molecule has 0 aliphatic rings. The molecule has 0 bridgehead atoms. The molecule has 0 aliphatic carbocycles. The molecule has 2 atom stereocenters. The number of nitrogens with zero attached hydrogens (tertiary/aromatic N) is 1. The number of aliphatic hydroxyl groups excluding tert-OH is 2. The highest BCUT2D eigenvalue weighted by molar-refractivity contribution is 7.16. The van der Waals surface area contributed by atoms with Gasteiger partial charge in [0.2, 0.25) is 0 Å². The zero-order chi connectivity index (χ0) is 13.8. The first-order valence-corrected chi connectivity index (χ1v) is 6.84. The fourth-order valence-electron chi connectivity index (χ4n) is 1.78. The van der Waals surface area contributed by atoms with E-state index in [4.69, 9.17) is 4.74 Å². The Morgan fingerprint density at radius 1 is 1.47 bits per heavy atom. The fourth-order valence-corrected chi connectivity index (χ4v) is 2.51. The van der Waals surface area contributed by atoms with Crippen LogP contribution in [-0.2, 0) is 9.53 Å². The number of hydrogen-bond donors (Lipinski definition) is 2. The van der Waals surface area contributed by atoms with Crippen LogP contribution in [0.3, 0.4) is 0 Å². The van der Waals surface area contributed by atoms with Crippen LogP contribution in [-0.4, -0.2) is 33.9 Å². The van der Waals surface area contributed by atoms with Crippen molar-refractivity contribution < 1.29 is 19.7 Å². The molecule has 0 saturated heterocycles. The molecule has 1 heterocycles. The van der Waals surface area contributed by atoms with Crippen molar-refractivity contribution >= 4 is 27.5 Å². The van der Waals surface area contributed by atoms with Crippen LogP contribution in [0.5, 0.6) is 0 Å². The number of thiazole rings is 1. The van der Waals surface area contributed by atoms with Crippen LogP contribution in [0.4, 0.5) is 0 Å². The van der Waals surface area contributed by atoms with Crippen molar-refractivity contribution in [2.45, 2.75) is 25.6 Å². The Labute approximate surface area is 114 Å². The van der Waals surface area contributed by atoms with Gasteiger partial charge in [-0.05, 0) is 24.6 Å². The van der Waals surface area contributed by atoms with Gasteiger partial charge in [0.15, 0.2) is 0 Å². The first-order valence-electron chi connectivity index (χ1n) is 5.96. The summed E-state index contributed by atoms with van der Waals surface area (Å²) in [5.74, 6) is -0.520. The second kappa shape index (κ2) is 6.10. The summed E-state index contributed by atoms with van der Waals surface area (Å²) >= 11 is 1.46. The Bertz CT molecular complexity index is 569. The molecule has 2 aromatic rings. The molecule has 0 fully saturated rings. The van der Waals surface area contributed by atoms with Gasteiger partial charge >= 0.3 is 5.97 Å². The second-order valence-electron chi connectivity index (χ2n) is 4.10. The average molecular weight is 281 g/mol. The molecule has 0 saturated carbocycles. The van der Waals surface area contributed by atoms with E-state index < -0.39 is 18.2 Å². The van der Waals surface area contributed by atoms with Crippen molar-refractivity contribution in [2.24, 2.45) is 0 Å². The summed E-state index contributed by atoms with van der Waals surface area (Å²) in [6.07, 6.45) is -2.52. The van der Waals surface area contributed by atoms with Crippen molar-refractivity contribution in [3.05, 3.63) is 29.3 Å². The van der Waals surface area contributed by atoms with Gasteiger partial charge in [-0.15, -0.1) is 11.3 Å². The molecule has 2 unspecified atom stereocenters. The minimum Gasteiger partial charge on any atom is -0.466 e. The summed E-state index contributed by atoms with van der Waals surface area (Å²) < 4.78 is 5.67. The third-order valence-electron chi connectivity index (χ3n) is 2.74. The second-order valence-corrected chi connectivity index (χ2v) is 4.99. The maximum Gasteiger partial charge on any atom is 0.308 e. The smallest absolute Gasteiger partial charge is 0.308 e. The number of carbonyl (C=O) groups is 1. The number of aliphatic hydroxyl groups is 2. The fraction of sp³-hybridized carbons (Fsp3) is 0.385. The molecule has 2 rings (SSSR count). The SMILES string of the molecule is CCOC(=O)CC(O)C(O)c1ccc2ncsc2c1. The number of hydrogen-bond acceptors (Lipinski definition) is 6. The van der Waals surface area contributed by atoms with Crippen molar-refractivity contribution in [1.82, 2.24) is 4.98 Å². The number of aromatic nitrogens is 1. The van der Waals surface area contributed by atoms with E-state index in [2.05, 4.69) is 4.98 Å². The van der Waals surface area contributed by atoms with Crippen LogP contribution in [0.1, 0.15) is 25.0 Å². The molecular weight excluding hydrogens is 266 g/mol. The van der Waals surface area contributed by atoms with E-state index in [1.54, 1.807) is 30.6 Å². The molecule has 1 aromatic carbocycles. The molecule has 0 spiro atoms. The Morgan fingerprint density at radius 2 is 2.26 bits per heavy atom. The molecule has 0 aliphatic heterocycles. The maximum atomic E-state index is 11.3. The third-order valence-corrected chi connectivity index (χ3v) is 3.53. The van der Waals surface area contributed by atoms with Gasteiger partial charge in [0.05, 0.1) is 34.9 Å². The van der Waals surface area contributed by atoms with Crippen LogP contribution in [0.25, 0.3) is 10.2 Å². The average Bonchev–Trinajstić information content (AvgIpc) is 2.85. The normalized spacial score (nSPS) is 14.3. The first-order chi connectivity index (χ1) is 9.11. The summed E-state index contributed by atoms with van der Waals surface area (Å²) in [7, 11) is 0. The summed E-state index contributed by atoms with van der Waals surface area (Å²) in [5.41, 5.74) is 3.13. The lowest BCUT2D eigenvalue weighted by Crippen LogP contribution is -2.23. The lowest BCUT2D eigenvalue weighted by Gasteiger charge is -2.17. The maximum absolute atomic E-state index is 11.3. The van der Waals surface area contributed by atoms with E-state index in [-0.39, 0.29) is 13.0 Å². The number of carbonyl (C=O) groups excluding carboxylic acids is 1. The van der Waals surface area contributed by atoms with Gasteiger partial charge in [0.25, 0.3) is 0 Å². The highest BCUT2D eigenvalue weighted by Crippen LogP contribution is 2.25. The summed E-state index contributed by atoms with van der Waals surface area (Å²) in [6, 6.07) is 5.24. The topological polar surface area (TPSA) is 79.7 Å². The lowest BCUT2D eigenvalue weighted by atomic mass is 10.0. The Balaban J connectivity index is 2.09. The standard InChI is InChI=1S/C13H15NO4S/c1-2-18-12(16)6-10(15)13(17)8-3-4-9-11(5-8)19-7-14-9/h3-5,7,10,13,15,17H,2,6H2,1H3. The predicted octanol–water partition coefficient (Wildman–Crippen LogP) is 1.64. The van der Waals surface area contributed by atoms with E-state index in [1.165, 1.54) is 11.3 Å². The van der Waals surface area contributed by atoms with E-state index in [0.29, 0.717) is 5.56 Å². The van der Waals surface area contributed by atoms with Crippen LogP contribution in [0.2, 0.25) is 0 Å². The highest BCUT2D eigenvalue weighted by atomic mass is 32.1. The lowest BCUT2D eigenvalue weighted by molar-refractivity contribution is -0.147. The van der Waals surface area contributed by atoms with Gasteiger partial charge in [-0.3, -0.25) is 4.79 Å². The van der Waals surface area contributed by atoms with E-state index in [0.717, 1.165) is 10.2 Å². The number of fused-ring (bicyclic) bond motifs is 1. The molecule has 6 heteroatoms. The quantitative estimate of drug-likeness (QED) is 0.814. The Morgan fingerprint density at radius 3 is 3.00 bits per heavy atom. The van der Waals surface area contributed by atoms with Gasteiger partial charge in [-0.2, -0.15) is 0 Å². The van der Waals surface area contributed by atoms with Gasteiger partial charge in [0.1, 0.15) is 6.10 Å². The molecule has 2 N–H and O–H groups in total. The van der Waals surface area contributed by atoms with Gasteiger partial charge in [-0.25, -0.2) is 4.98 Å². The minimum atomic E-state index is -1.18. The van der Waals surface area contributed by atoms with Gasteiger partial charge in [0, 0.05) is 0 Å². The van der Waals surface area contributed by atoms with Crippen LogP contribution >= 0.6 is 11.3 Å². The number of ether oxygens (including phenoxy) is 1. The molecule has 102 valence electrons. The third kappa shape index (κ3) is 3.28. The monoisotopic (exact) mass is 281 g/mol. The van der Waals surface area contributed by atoms with E-state index in [1.807, 2.05) is 0 Å². The van der Waals surface area contributed by atoms with E-state index in [9.17, 15) is 15.0 Å². The first kappa shape index (κ1) is 13.9. The van der Waals surface area contributed by atoms with Crippen molar-refractivity contribution in [2.75, 3.05) is 6.61 Å². The van der Waals surface area contributed by atoms with Gasteiger partial charge in [-0.1, -0.05) is 6.07 Å². The molecule has 19 heavy (non-hydrogen) atoms. The largest absolute Gasteiger partial charge is 0.466 e. The molecule has 1 aromatic heterocycles. The van der Waals surface area contributed by atoms with Crippen LogP contribution < -0.4 is 0 Å². The number of rotatable bonds is 5. The Hall–Kier alpha value is -1.50. The van der Waals surface area contributed by atoms with Crippen molar-refractivity contribution in [3.63, 3.8) is 0 Å². The zero-order valence-corrected chi connectivity index (χ0v) is 11.3. The highest BCUT2D eigenvalue weighted by Gasteiger charge is 2.22. The molecule has 0 amide bonds. The van der Waals surface area contributed by atoms with Crippen LogP contribution in [0, 0.1) is 0 Å². The molecule has 5 nitrogen and oxygen atoms in total. The van der Waals surface area contributed by atoms with E-state index >= 15 is 0 Å². The molecular formula is C13H15NO4S. The zero-order valence-electron chi connectivity index (χ0n) is 10.4. The van der Waals surface area contributed by atoms with Crippen LogP contribution in [0.15, 0.2) is 23.7 Å². The summed E-state index contributed by atoms with van der Waals surface area (Å²) in [4.78, 5) is 15.4. The minimum absolute atomic E-state index is 0.226. The van der Waals surface area contributed by atoms with Crippen molar-refractivity contribution in [3.8, 4) is 0 Å². The summed E-state index contributed by atoms with van der Waals surface area (Å²) in [6.45, 7) is 1.95. The molecule has 0 radical (unpaired) electrons.